The molecule has 7 nitrogen and oxygen atoms in total. The monoisotopic (exact) mass is 358 g/mol. The number of carbonyl (C=O) groups excluding carboxylic acids is 1. The van der Waals surface area contributed by atoms with E-state index in [9.17, 15) is 13.2 Å². The lowest BCUT2D eigenvalue weighted by molar-refractivity contribution is 0.0992. The Kier molecular flexibility index (Phi) is 3.48. The minimum Gasteiger partial charge on any atom is -0.364 e. The fourth-order valence-corrected chi connectivity index (χ4v) is 4.90. The van der Waals surface area contributed by atoms with Crippen molar-refractivity contribution in [2.45, 2.75) is 17.9 Å². The minimum absolute atomic E-state index is 0.0899. The summed E-state index contributed by atoms with van der Waals surface area (Å²) in [6.07, 6.45) is 2.05. The van der Waals surface area contributed by atoms with Gasteiger partial charge in [0.2, 0.25) is 10.0 Å². The molecule has 0 bridgehead atoms. The first-order valence-electron chi connectivity index (χ1n) is 7.92. The number of H-pyrrole nitrogens is 1. The number of aromatic nitrogens is 2. The third-order valence-electron chi connectivity index (χ3n) is 4.72. The molecule has 0 spiro atoms. The first-order chi connectivity index (χ1) is 11.9. The Morgan fingerprint density at radius 1 is 1.28 bits per heavy atom. The van der Waals surface area contributed by atoms with Crippen LogP contribution in [-0.2, 0) is 30.0 Å². The fourth-order valence-electron chi connectivity index (χ4n) is 3.42. The number of sulfonamides is 1. The molecule has 3 heterocycles. The highest BCUT2D eigenvalue weighted by Gasteiger charge is 2.31. The van der Waals surface area contributed by atoms with Crippen molar-refractivity contribution in [3.8, 4) is 0 Å². The van der Waals surface area contributed by atoms with Crippen molar-refractivity contribution in [1.82, 2.24) is 13.9 Å². The number of rotatable bonds is 3. The quantitative estimate of drug-likeness (QED) is 0.739. The van der Waals surface area contributed by atoms with Crippen LogP contribution in [0.1, 0.15) is 21.7 Å². The van der Waals surface area contributed by atoms with E-state index < -0.39 is 15.9 Å². The van der Waals surface area contributed by atoms with Gasteiger partial charge >= 0.3 is 0 Å². The van der Waals surface area contributed by atoms with Crippen molar-refractivity contribution in [3.05, 3.63) is 53.5 Å². The van der Waals surface area contributed by atoms with Crippen LogP contribution in [0.15, 0.2) is 41.4 Å². The topological polar surface area (TPSA) is 101 Å². The number of amides is 1. The van der Waals surface area contributed by atoms with E-state index in [1.165, 1.54) is 21.1 Å². The molecule has 3 N–H and O–H groups in total. The molecule has 3 aromatic rings. The highest BCUT2D eigenvalue weighted by Crippen LogP contribution is 2.30. The van der Waals surface area contributed by atoms with Crippen LogP contribution in [0, 0.1) is 0 Å². The van der Waals surface area contributed by atoms with Gasteiger partial charge in [-0.3, -0.25) is 4.79 Å². The number of fused-ring (bicyclic) bond motifs is 3. The summed E-state index contributed by atoms with van der Waals surface area (Å²) in [5.74, 6) is -0.651. The number of nitrogens with one attached hydrogen (secondary N) is 1. The summed E-state index contributed by atoms with van der Waals surface area (Å²) in [5.41, 5.74) is 8.57. The highest BCUT2D eigenvalue weighted by molar-refractivity contribution is 7.89. The van der Waals surface area contributed by atoms with Crippen LogP contribution in [0.4, 0.5) is 0 Å². The summed E-state index contributed by atoms with van der Waals surface area (Å²) < 4.78 is 28.9. The molecule has 130 valence electrons. The Labute approximate surface area is 145 Å². The molecule has 4 rings (SSSR count). The van der Waals surface area contributed by atoms with Gasteiger partial charge in [-0.25, -0.2) is 8.42 Å². The van der Waals surface area contributed by atoms with Crippen molar-refractivity contribution >= 4 is 26.8 Å². The van der Waals surface area contributed by atoms with Crippen LogP contribution in [0.3, 0.4) is 0 Å². The van der Waals surface area contributed by atoms with Gasteiger partial charge in [0.1, 0.15) is 10.6 Å². The Hall–Kier alpha value is -2.58. The number of primary amides is 1. The Balaban J connectivity index is 1.73. The van der Waals surface area contributed by atoms with Gasteiger partial charge in [-0.15, -0.1) is 0 Å². The summed E-state index contributed by atoms with van der Waals surface area (Å²) in [6.45, 7) is 0.700. The molecule has 1 aromatic carbocycles. The fraction of sp³-hybridized carbons (Fsp3) is 0.235. The molecular weight excluding hydrogens is 340 g/mol. The van der Waals surface area contributed by atoms with Crippen molar-refractivity contribution in [1.29, 1.82) is 0 Å². The van der Waals surface area contributed by atoms with Crippen LogP contribution in [-0.4, -0.2) is 34.7 Å². The van der Waals surface area contributed by atoms with Gasteiger partial charge in [-0.1, -0.05) is 18.2 Å². The molecule has 0 fully saturated rings. The number of para-hydroxylation sites is 1. The number of aromatic amines is 1. The summed E-state index contributed by atoms with van der Waals surface area (Å²) in [6, 6.07) is 9.22. The zero-order chi connectivity index (χ0) is 17.8. The molecular formula is C17H18N4O3S. The zero-order valence-corrected chi connectivity index (χ0v) is 14.5. The van der Waals surface area contributed by atoms with Crippen molar-refractivity contribution in [2.75, 3.05) is 6.54 Å². The van der Waals surface area contributed by atoms with Gasteiger partial charge in [0.15, 0.2) is 0 Å². The average molecular weight is 358 g/mol. The van der Waals surface area contributed by atoms with E-state index in [0.717, 1.165) is 22.2 Å². The summed E-state index contributed by atoms with van der Waals surface area (Å²) in [5, 5.41) is 1.04. The molecule has 1 aliphatic rings. The smallest absolute Gasteiger partial charge is 0.265 e. The molecule has 0 saturated heterocycles. The maximum absolute atomic E-state index is 13.0. The normalized spacial score (nSPS) is 15.4. The average Bonchev–Trinajstić information content (AvgIpc) is 3.15. The molecule has 1 aliphatic heterocycles. The van der Waals surface area contributed by atoms with Crippen LogP contribution < -0.4 is 5.73 Å². The van der Waals surface area contributed by atoms with Gasteiger partial charge in [0.25, 0.3) is 5.91 Å². The largest absolute Gasteiger partial charge is 0.364 e. The van der Waals surface area contributed by atoms with Crippen molar-refractivity contribution in [2.24, 2.45) is 12.8 Å². The molecule has 8 heteroatoms. The van der Waals surface area contributed by atoms with Gasteiger partial charge in [-0.2, -0.15) is 4.31 Å². The van der Waals surface area contributed by atoms with E-state index in [1.54, 1.807) is 7.05 Å². The Morgan fingerprint density at radius 3 is 2.76 bits per heavy atom. The van der Waals surface area contributed by atoms with Gasteiger partial charge in [-0.05, 0) is 17.7 Å². The van der Waals surface area contributed by atoms with E-state index >= 15 is 0 Å². The van der Waals surface area contributed by atoms with E-state index in [-0.39, 0.29) is 10.6 Å². The standard InChI is InChI=1S/C17H18N4O3S/c1-20-9-11(8-16(20)17(18)22)25(23,24)21-7-6-15-13(10-21)12-4-2-3-5-14(12)19-15/h2-5,8-9,19H,6-7,10H2,1H3,(H2,18,22). The molecule has 0 aliphatic carbocycles. The van der Waals surface area contributed by atoms with E-state index in [1.807, 2.05) is 24.3 Å². The summed E-state index contributed by atoms with van der Waals surface area (Å²) in [4.78, 5) is 14.9. The number of hydrogen-bond acceptors (Lipinski definition) is 3. The first-order valence-corrected chi connectivity index (χ1v) is 9.36. The van der Waals surface area contributed by atoms with Crippen LogP contribution in [0.2, 0.25) is 0 Å². The van der Waals surface area contributed by atoms with Gasteiger partial charge in [0, 0.05) is 49.4 Å². The number of benzene rings is 1. The zero-order valence-electron chi connectivity index (χ0n) is 13.7. The lowest BCUT2D eigenvalue weighted by Gasteiger charge is -2.26. The number of nitrogens with two attached hydrogens (primary N) is 1. The molecule has 0 unspecified atom stereocenters. The number of hydrogen-bond donors (Lipinski definition) is 2. The van der Waals surface area contributed by atoms with Crippen LogP contribution >= 0.6 is 0 Å². The molecule has 25 heavy (non-hydrogen) atoms. The lowest BCUT2D eigenvalue weighted by Crippen LogP contribution is -2.35. The Bertz CT molecular complexity index is 1090. The van der Waals surface area contributed by atoms with E-state index in [0.29, 0.717) is 19.5 Å². The number of aryl methyl sites for hydroxylation is 1. The maximum atomic E-state index is 13.0. The second kappa shape index (κ2) is 5.47. The molecule has 0 atom stereocenters. The second-order valence-corrected chi connectivity index (χ2v) is 8.19. The number of carbonyl (C=O) groups is 1. The molecule has 0 radical (unpaired) electrons. The van der Waals surface area contributed by atoms with Gasteiger partial charge in [0.05, 0.1) is 0 Å². The highest BCUT2D eigenvalue weighted by atomic mass is 32.2. The predicted molar refractivity (Wildman–Crippen MR) is 93.5 cm³/mol. The minimum atomic E-state index is -3.70. The molecule has 1 amide bonds. The number of nitrogens with zero attached hydrogens (tertiary/aromatic N) is 2. The van der Waals surface area contributed by atoms with Crippen molar-refractivity contribution < 1.29 is 13.2 Å². The molecule has 0 saturated carbocycles. The maximum Gasteiger partial charge on any atom is 0.265 e. The first kappa shape index (κ1) is 15.9. The predicted octanol–water partition coefficient (Wildman–Crippen LogP) is 1.35. The summed E-state index contributed by atoms with van der Waals surface area (Å²) >= 11 is 0. The van der Waals surface area contributed by atoms with Crippen molar-refractivity contribution in [3.63, 3.8) is 0 Å². The van der Waals surface area contributed by atoms with Crippen LogP contribution in [0.25, 0.3) is 10.9 Å². The second-order valence-electron chi connectivity index (χ2n) is 6.25. The van der Waals surface area contributed by atoms with Gasteiger partial charge < -0.3 is 15.3 Å². The lowest BCUT2D eigenvalue weighted by atomic mass is 10.1. The summed E-state index contributed by atoms with van der Waals surface area (Å²) in [7, 11) is -2.09. The van der Waals surface area contributed by atoms with Crippen LogP contribution in [0.5, 0.6) is 0 Å². The third-order valence-corrected chi connectivity index (χ3v) is 6.53. The van der Waals surface area contributed by atoms with E-state index in [2.05, 4.69) is 4.98 Å². The van der Waals surface area contributed by atoms with E-state index in [4.69, 9.17) is 5.73 Å². The SMILES string of the molecule is Cn1cc(S(=O)(=O)N2CCc3[nH]c4ccccc4c3C2)cc1C(N)=O. The third kappa shape index (κ3) is 2.45. The Morgan fingerprint density at radius 2 is 2.04 bits per heavy atom. The molecule has 2 aromatic heterocycles.